The molecule has 0 amide bonds. The molecule has 0 N–H and O–H groups in total. The summed E-state index contributed by atoms with van der Waals surface area (Å²) in [7, 11) is 0. The Bertz CT molecular complexity index is 930. The molecule has 126 valence electrons. The van der Waals surface area contributed by atoms with Crippen molar-refractivity contribution in [1.29, 1.82) is 0 Å². The first-order chi connectivity index (χ1) is 12.9. The minimum absolute atomic E-state index is 0.611. The molecule has 0 radical (unpaired) electrons. The van der Waals surface area contributed by atoms with Gasteiger partial charge >= 0.3 is 0 Å². The molecule has 2 heteroatoms. The molecule has 2 aliphatic rings. The van der Waals surface area contributed by atoms with Gasteiger partial charge in [0.05, 0.1) is 0 Å². The van der Waals surface area contributed by atoms with E-state index in [1.165, 1.54) is 22.3 Å². The van der Waals surface area contributed by atoms with Gasteiger partial charge in [0.1, 0.15) is 24.7 Å². The lowest BCUT2D eigenvalue weighted by atomic mass is 9.98. The van der Waals surface area contributed by atoms with Crippen molar-refractivity contribution in [2.45, 2.75) is 13.2 Å². The third-order valence-electron chi connectivity index (χ3n) is 4.82. The van der Waals surface area contributed by atoms with Crippen LogP contribution in [0.3, 0.4) is 0 Å². The first kappa shape index (κ1) is 15.0. The van der Waals surface area contributed by atoms with Gasteiger partial charge in [0.25, 0.3) is 0 Å². The van der Waals surface area contributed by atoms with Crippen LogP contribution in [0, 0.1) is 0 Å². The molecular formula is C24H18O2. The van der Waals surface area contributed by atoms with Crippen molar-refractivity contribution in [2.75, 3.05) is 0 Å². The fourth-order valence-electron chi connectivity index (χ4n) is 3.49. The van der Waals surface area contributed by atoms with Crippen LogP contribution in [0.25, 0.3) is 23.7 Å². The molecule has 0 saturated heterocycles. The van der Waals surface area contributed by atoms with E-state index in [-0.39, 0.29) is 0 Å². The summed E-state index contributed by atoms with van der Waals surface area (Å²) in [4.78, 5) is 0. The first-order valence-electron chi connectivity index (χ1n) is 8.82. The van der Waals surface area contributed by atoms with Gasteiger partial charge in [-0.05, 0) is 35.4 Å². The van der Waals surface area contributed by atoms with E-state index >= 15 is 0 Å². The summed E-state index contributed by atoms with van der Waals surface area (Å²) in [6.45, 7) is 1.22. The molecule has 3 aromatic rings. The van der Waals surface area contributed by atoms with Gasteiger partial charge in [-0.1, -0.05) is 60.7 Å². The van der Waals surface area contributed by atoms with Crippen molar-refractivity contribution in [3.8, 4) is 0 Å². The summed E-state index contributed by atoms with van der Waals surface area (Å²) >= 11 is 0. The van der Waals surface area contributed by atoms with Crippen LogP contribution in [0.5, 0.6) is 0 Å². The Labute approximate surface area is 153 Å². The van der Waals surface area contributed by atoms with Crippen LogP contribution in [-0.2, 0) is 22.7 Å². The highest BCUT2D eigenvalue weighted by atomic mass is 16.5. The summed E-state index contributed by atoms with van der Waals surface area (Å²) in [6, 6.07) is 25.0. The Morgan fingerprint density at radius 3 is 1.42 bits per heavy atom. The molecule has 0 unspecified atom stereocenters. The number of fused-ring (bicyclic) bond motifs is 2. The molecule has 3 aromatic carbocycles. The van der Waals surface area contributed by atoms with Crippen LogP contribution in [0.15, 0.2) is 72.8 Å². The topological polar surface area (TPSA) is 18.5 Å². The zero-order valence-electron chi connectivity index (χ0n) is 14.3. The average molecular weight is 338 g/mol. The van der Waals surface area contributed by atoms with Crippen molar-refractivity contribution >= 4 is 23.7 Å². The average Bonchev–Trinajstić information content (AvgIpc) is 3.26. The molecule has 0 spiro atoms. The minimum Gasteiger partial charge on any atom is -0.488 e. The summed E-state index contributed by atoms with van der Waals surface area (Å²) in [5, 5.41) is 0. The largest absolute Gasteiger partial charge is 0.488 e. The molecule has 2 aliphatic heterocycles. The summed E-state index contributed by atoms with van der Waals surface area (Å²) < 4.78 is 11.9. The van der Waals surface area contributed by atoms with Gasteiger partial charge in [-0.25, -0.2) is 0 Å². The summed E-state index contributed by atoms with van der Waals surface area (Å²) in [5.74, 6) is 1.88. The zero-order valence-corrected chi connectivity index (χ0v) is 14.3. The Morgan fingerprint density at radius 1 is 0.577 bits per heavy atom. The van der Waals surface area contributed by atoms with E-state index in [1.807, 2.05) is 36.4 Å². The smallest absolute Gasteiger partial charge is 0.128 e. The van der Waals surface area contributed by atoms with Gasteiger partial charge in [-0.3, -0.25) is 0 Å². The van der Waals surface area contributed by atoms with Crippen molar-refractivity contribution < 1.29 is 9.47 Å². The van der Waals surface area contributed by atoms with Gasteiger partial charge in [-0.15, -0.1) is 0 Å². The SMILES string of the molecule is C(=C1\OCc2cc3c(cc21)CO/C3=C/c1ccccc1)/c1ccccc1. The molecule has 26 heavy (non-hydrogen) atoms. The highest BCUT2D eigenvalue weighted by Crippen LogP contribution is 2.39. The highest BCUT2D eigenvalue weighted by molar-refractivity contribution is 5.85. The molecule has 0 bridgehead atoms. The molecule has 0 aromatic heterocycles. The van der Waals surface area contributed by atoms with Crippen molar-refractivity contribution in [3.05, 3.63) is 106 Å². The molecule has 0 fully saturated rings. The Kier molecular flexibility index (Phi) is 3.60. The van der Waals surface area contributed by atoms with Gasteiger partial charge < -0.3 is 9.47 Å². The molecule has 0 aliphatic carbocycles. The lowest BCUT2D eigenvalue weighted by molar-refractivity contribution is 0.285. The Hall–Kier alpha value is -3.26. The van der Waals surface area contributed by atoms with E-state index in [1.54, 1.807) is 0 Å². The van der Waals surface area contributed by atoms with E-state index in [0.717, 1.165) is 22.6 Å². The van der Waals surface area contributed by atoms with Crippen LogP contribution < -0.4 is 0 Å². The molecule has 5 rings (SSSR count). The second kappa shape index (κ2) is 6.23. The van der Waals surface area contributed by atoms with E-state index < -0.39 is 0 Å². The van der Waals surface area contributed by atoms with Gasteiger partial charge in [-0.2, -0.15) is 0 Å². The summed E-state index contributed by atoms with van der Waals surface area (Å²) in [5.41, 5.74) is 7.09. The van der Waals surface area contributed by atoms with Crippen LogP contribution in [0.4, 0.5) is 0 Å². The Morgan fingerprint density at radius 2 is 1.00 bits per heavy atom. The highest BCUT2D eigenvalue weighted by Gasteiger charge is 2.25. The lowest BCUT2D eigenvalue weighted by Gasteiger charge is -2.03. The maximum absolute atomic E-state index is 5.96. The normalized spacial score (nSPS) is 17.7. The zero-order chi connectivity index (χ0) is 17.3. The molecule has 2 nitrogen and oxygen atoms in total. The van der Waals surface area contributed by atoms with Crippen molar-refractivity contribution in [2.24, 2.45) is 0 Å². The second-order valence-corrected chi connectivity index (χ2v) is 6.58. The maximum Gasteiger partial charge on any atom is 0.128 e. The van der Waals surface area contributed by atoms with Crippen LogP contribution in [-0.4, -0.2) is 0 Å². The minimum atomic E-state index is 0.611. The fourth-order valence-corrected chi connectivity index (χ4v) is 3.49. The molecule has 0 saturated carbocycles. The van der Waals surface area contributed by atoms with Gasteiger partial charge in [0.2, 0.25) is 0 Å². The van der Waals surface area contributed by atoms with Crippen LogP contribution in [0.2, 0.25) is 0 Å². The Balaban J connectivity index is 1.53. The fraction of sp³-hybridized carbons (Fsp3) is 0.0833. The third kappa shape index (κ3) is 2.70. The predicted molar refractivity (Wildman–Crippen MR) is 105 cm³/mol. The molecule has 0 atom stereocenters. The third-order valence-corrected chi connectivity index (χ3v) is 4.82. The standard InChI is InChI=1S/C24H18O2/c1-3-7-17(8-4-1)11-23-21-13-20-16-26-24(12-18-9-5-2-6-10-18)22(20)14-19(21)15-25-23/h1-14H,15-16H2/b23-11+,24-12+. The first-order valence-corrected chi connectivity index (χ1v) is 8.82. The lowest BCUT2D eigenvalue weighted by Crippen LogP contribution is -1.89. The number of benzene rings is 3. The number of ether oxygens (including phenoxy) is 2. The molecular weight excluding hydrogens is 320 g/mol. The van der Waals surface area contributed by atoms with E-state index in [4.69, 9.17) is 9.47 Å². The predicted octanol–water partition coefficient (Wildman–Crippen LogP) is 5.74. The van der Waals surface area contributed by atoms with Crippen LogP contribution >= 0.6 is 0 Å². The number of hydrogen-bond donors (Lipinski definition) is 0. The summed E-state index contributed by atoms with van der Waals surface area (Å²) in [6.07, 6.45) is 4.21. The van der Waals surface area contributed by atoms with E-state index in [0.29, 0.717) is 13.2 Å². The number of rotatable bonds is 2. The second-order valence-electron chi connectivity index (χ2n) is 6.58. The molecule has 2 heterocycles. The van der Waals surface area contributed by atoms with Crippen molar-refractivity contribution in [3.63, 3.8) is 0 Å². The van der Waals surface area contributed by atoms with Crippen molar-refractivity contribution in [1.82, 2.24) is 0 Å². The monoisotopic (exact) mass is 338 g/mol. The van der Waals surface area contributed by atoms with E-state index in [9.17, 15) is 0 Å². The van der Waals surface area contributed by atoms with Gasteiger partial charge in [0, 0.05) is 22.3 Å². The quantitative estimate of drug-likeness (QED) is 0.593. The van der Waals surface area contributed by atoms with E-state index in [2.05, 4.69) is 48.6 Å². The van der Waals surface area contributed by atoms with Gasteiger partial charge in [0.15, 0.2) is 0 Å². The van der Waals surface area contributed by atoms with Crippen LogP contribution in [0.1, 0.15) is 33.4 Å². The maximum atomic E-state index is 5.96. The number of hydrogen-bond acceptors (Lipinski definition) is 2.